The number of anilines is 3. The molecule has 43 heavy (non-hydrogen) atoms. The molecule has 0 saturated carbocycles. The number of nitrogens with zero attached hydrogens (tertiary/aromatic N) is 1. The second-order valence-electron chi connectivity index (χ2n) is 10.9. The molecule has 0 atom stereocenters. The lowest BCUT2D eigenvalue weighted by Gasteiger charge is -2.27. The van der Waals surface area contributed by atoms with E-state index in [-0.39, 0.29) is 0 Å². The summed E-state index contributed by atoms with van der Waals surface area (Å²) in [5.74, 6) is 0. The molecule has 0 saturated heterocycles. The van der Waals surface area contributed by atoms with E-state index in [2.05, 4.69) is 144 Å². The molecule has 7 aromatic carbocycles. The van der Waals surface area contributed by atoms with E-state index in [1.807, 2.05) is 23.5 Å². The third-order valence-corrected chi connectivity index (χ3v) is 9.66. The van der Waals surface area contributed by atoms with Crippen LogP contribution in [0.4, 0.5) is 17.1 Å². The quantitative estimate of drug-likeness (QED) is 0.210. The van der Waals surface area contributed by atoms with Crippen molar-refractivity contribution in [1.82, 2.24) is 0 Å². The zero-order valence-electron chi connectivity index (χ0n) is 23.2. The summed E-state index contributed by atoms with van der Waals surface area (Å²) in [5.41, 5.74) is 7.59. The Bertz CT molecular complexity index is 2450. The molecule has 0 amide bonds. The summed E-state index contributed by atoms with van der Waals surface area (Å²) >= 11 is 1.88. The van der Waals surface area contributed by atoms with Crippen LogP contribution in [0.5, 0.6) is 0 Å². The van der Waals surface area contributed by atoms with Crippen molar-refractivity contribution >= 4 is 81.3 Å². The van der Waals surface area contributed by atoms with E-state index >= 15 is 0 Å². The second kappa shape index (κ2) is 9.59. The topological polar surface area (TPSA) is 16.4 Å². The van der Waals surface area contributed by atoms with E-state index < -0.39 is 0 Å². The summed E-state index contributed by atoms with van der Waals surface area (Å²) in [5, 5.41) is 7.38. The van der Waals surface area contributed by atoms with Crippen molar-refractivity contribution in [3.05, 3.63) is 152 Å². The van der Waals surface area contributed by atoms with Gasteiger partial charge in [-0.2, -0.15) is 0 Å². The fraction of sp³-hybridized carbons (Fsp3) is 0. The van der Waals surface area contributed by atoms with Crippen LogP contribution in [0.3, 0.4) is 0 Å². The fourth-order valence-corrected chi connectivity index (χ4v) is 7.69. The number of hydrogen-bond donors (Lipinski definition) is 0. The highest BCUT2D eigenvalue weighted by atomic mass is 32.1. The molecule has 0 aliphatic heterocycles. The van der Waals surface area contributed by atoms with Gasteiger partial charge in [-0.15, -0.1) is 11.3 Å². The molecule has 0 bridgehead atoms. The maximum atomic E-state index is 6.20. The molecular weight excluding hydrogens is 543 g/mol. The number of thiophene rings is 1. The highest BCUT2D eigenvalue weighted by Crippen LogP contribution is 2.47. The molecule has 2 aromatic heterocycles. The molecular formula is C40H25NOS. The van der Waals surface area contributed by atoms with E-state index in [1.54, 1.807) is 0 Å². The fourth-order valence-electron chi connectivity index (χ4n) is 6.44. The molecule has 2 nitrogen and oxygen atoms in total. The van der Waals surface area contributed by atoms with Crippen molar-refractivity contribution in [3.8, 4) is 11.1 Å². The standard InChI is InChI=1S/C40H25NOS/c1-2-9-26(10-3-1)27-17-20-29(21-18-27)41(30-22-24-37-34(25-30)32-13-6-7-15-36(32)42-37)35-14-8-16-38-39(35)33-23-19-28-11-4-5-12-31(28)40(33)43-38/h1-25H. The van der Waals surface area contributed by atoms with Gasteiger partial charge in [-0.1, -0.05) is 103 Å². The lowest BCUT2D eigenvalue weighted by molar-refractivity contribution is 0.669. The SMILES string of the molecule is c1ccc(-c2ccc(N(c3ccc4oc5ccccc5c4c3)c3cccc4sc5c6ccccc6ccc5c34)cc2)cc1. The molecule has 0 spiro atoms. The molecule has 0 unspecified atom stereocenters. The van der Waals surface area contributed by atoms with Gasteiger partial charge in [0.2, 0.25) is 0 Å². The maximum absolute atomic E-state index is 6.20. The Balaban J connectivity index is 1.31. The van der Waals surface area contributed by atoms with Gasteiger partial charge in [0.15, 0.2) is 0 Å². The molecule has 9 rings (SSSR count). The van der Waals surface area contributed by atoms with Gasteiger partial charge in [-0.25, -0.2) is 0 Å². The minimum Gasteiger partial charge on any atom is -0.456 e. The Morgan fingerprint density at radius 3 is 2.07 bits per heavy atom. The van der Waals surface area contributed by atoms with Gasteiger partial charge < -0.3 is 9.32 Å². The summed E-state index contributed by atoms with van der Waals surface area (Å²) in [4.78, 5) is 2.40. The van der Waals surface area contributed by atoms with Crippen LogP contribution < -0.4 is 4.90 Å². The number of benzene rings is 7. The first-order chi connectivity index (χ1) is 21.3. The zero-order chi connectivity index (χ0) is 28.3. The summed E-state index contributed by atoms with van der Waals surface area (Å²) in [6, 6.07) is 54.3. The van der Waals surface area contributed by atoms with Crippen molar-refractivity contribution in [2.24, 2.45) is 0 Å². The lowest BCUT2D eigenvalue weighted by Crippen LogP contribution is -2.10. The number of furan rings is 1. The number of hydrogen-bond acceptors (Lipinski definition) is 3. The largest absolute Gasteiger partial charge is 0.456 e. The number of fused-ring (bicyclic) bond motifs is 8. The third kappa shape index (κ3) is 3.86. The summed E-state index contributed by atoms with van der Waals surface area (Å²) in [6.07, 6.45) is 0. The normalized spacial score (nSPS) is 11.7. The summed E-state index contributed by atoms with van der Waals surface area (Å²) < 4.78 is 8.81. The molecule has 9 aromatic rings. The molecule has 202 valence electrons. The van der Waals surface area contributed by atoms with Crippen LogP contribution in [0.1, 0.15) is 0 Å². The molecule has 0 N–H and O–H groups in total. The van der Waals surface area contributed by atoms with Crippen molar-refractivity contribution in [2.45, 2.75) is 0 Å². The van der Waals surface area contributed by atoms with Crippen LogP contribution >= 0.6 is 11.3 Å². The molecule has 3 heteroatoms. The first kappa shape index (κ1) is 24.2. The van der Waals surface area contributed by atoms with E-state index in [9.17, 15) is 0 Å². The van der Waals surface area contributed by atoms with Crippen molar-refractivity contribution in [3.63, 3.8) is 0 Å². The lowest BCUT2D eigenvalue weighted by atomic mass is 10.0. The number of para-hydroxylation sites is 1. The van der Waals surface area contributed by atoms with Gasteiger partial charge in [0.05, 0.1) is 5.69 Å². The predicted molar refractivity (Wildman–Crippen MR) is 184 cm³/mol. The first-order valence-electron chi connectivity index (χ1n) is 14.5. The van der Waals surface area contributed by atoms with Crippen LogP contribution in [0.15, 0.2) is 156 Å². The van der Waals surface area contributed by atoms with Gasteiger partial charge in [0.25, 0.3) is 0 Å². The maximum Gasteiger partial charge on any atom is 0.135 e. The smallest absolute Gasteiger partial charge is 0.135 e. The van der Waals surface area contributed by atoms with E-state index in [4.69, 9.17) is 4.42 Å². The Morgan fingerprint density at radius 2 is 1.19 bits per heavy atom. The monoisotopic (exact) mass is 567 g/mol. The Morgan fingerprint density at radius 1 is 0.465 bits per heavy atom. The average Bonchev–Trinajstić information content (AvgIpc) is 3.65. The molecule has 0 radical (unpaired) electrons. The predicted octanol–water partition coefficient (Wildman–Crippen LogP) is 12.2. The number of rotatable bonds is 4. The van der Waals surface area contributed by atoms with Gasteiger partial charge in [-0.3, -0.25) is 0 Å². The summed E-state index contributed by atoms with van der Waals surface area (Å²) in [6.45, 7) is 0. The second-order valence-corrected chi connectivity index (χ2v) is 12.0. The highest BCUT2D eigenvalue weighted by Gasteiger charge is 2.20. The first-order valence-corrected chi connectivity index (χ1v) is 15.3. The van der Waals surface area contributed by atoms with Crippen molar-refractivity contribution in [1.29, 1.82) is 0 Å². The minimum absolute atomic E-state index is 0.898. The van der Waals surface area contributed by atoms with Gasteiger partial charge in [-0.05, 0) is 70.4 Å². The average molecular weight is 568 g/mol. The van der Waals surface area contributed by atoms with Gasteiger partial charge in [0.1, 0.15) is 11.2 Å². The van der Waals surface area contributed by atoms with Crippen LogP contribution in [0, 0.1) is 0 Å². The van der Waals surface area contributed by atoms with Gasteiger partial charge >= 0.3 is 0 Å². The Labute approximate surface area is 252 Å². The van der Waals surface area contributed by atoms with Crippen LogP contribution in [0.25, 0.3) is 64.0 Å². The van der Waals surface area contributed by atoms with Crippen molar-refractivity contribution in [2.75, 3.05) is 4.90 Å². The van der Waals surface area contributed by atoms with Crippen LogP contribution in [-0.4, -0.2) is 0 Å². The third-order valence-electron chi connectivity index (χ3n) is 8.46. The van der Waals surface area contributed by atoms with E-state index in [0.29, 0.717) is 0 Å². The van der Waals surface area contributed by atoms with Crippen LogP contribution in [0.2, 0.25) is 0 Å². The van der Waals surface area contributed by atoms with Gasteiger partial charge in [0, 0.05) is 42.3 Å². The van der Waals surface area contributed by atoms with Crippen LogP contribution in [-0.2, 0) is 0 Å². The van der Waals surface area contributed by atoms with E-state index in [0.717, 1.165) is 33.3 Å². The zero-order valence-corrected chi connectivity index (χ0v) is 24.0. The molecule has 0 fully saturated rings. The Hall–Kier alpha value is -5.38. The Kier molecular flexibility index (Phi) is 5.40. The highest BCUT2D eigenvalue weighted by molar-refractivity contribution is 7.26. The molecule has 2 heterocycles. The molecule has 0 aliphatic carbocycles. The van der Waals surface area contributed by atoms with Crippen molar-refractivity contribution < 1.29 is 4.42 Å². The minimum atomic E-state index is 0.898. The summed E-state index contributed by atoms with van der Waals surface area (Å²) in [7, 11) is 0. The van der Waals surface area contributed by atoms with E-state index in [1.165, 1.54) is 47.8 Å². The molecule has 0 aliphatic rings.